The summed E-state index contributed by atoms with van der Waals surface area (Å²) in [5.41, 5.74) is -0.738. The molecule has 0 aliphatic carbocycles. The standard InChI is InChI=1S/C17H11ClF3NO3/c1-25-15-11(19)4-3-10(14(15)20)16(21)22-12-5-2-9(18)6-8(12)7-13(22)17(23)24/h2-7,16H,1H3,(H,23,24). The van der Waals surface area contributed by atoms with Gasteiger partial charge in [-0.15, -0.1) is 0 Å². The molecule has 3 aromatic rings. The van der Waals surface area contributed by atoms with E-state index in [1.807, 2.05) is 0 Å². The van der Waals surface area contributed by atoms with Crippen molar-refractivity contribution in [2.45, 2.75) is 6.30 Å². The fourth-order valence-electron chi connectivity index (χ4n) is 2.67. The maximum atomic E-state index is 15.1. The number of ether oxygens (including phenoxy) is 1. The lowest BCUT2D eigenvalue weighted by Crippen LogP contribution is -2.14. The molecule has 0 spiro atoms. The molecule has 2 aromatic carbocycles. The van der Waals surface area contributed by atoms with Crippen LogP contribution in [0.5, 0.6) is 5.75 Å². The van der Waals surface area contributed by atoms with Crippen LogP contribution in [0.1, 0.15) is 22.3 Å². The van der Waals surface area contributed by atoms with Gasteiger partial charge in [0.25, 0.3) is 0 Å². The van der Waals surface area contributed by atoms with Gasteiger partial charge in [-0.3, -0.25) is 0 Å². The number of fused-ring (bicyclic) bond motifs is 1. The van der Waals surface area contributed by atoms with Crippen molar-refractivity contribution in [2.75, 3.05) is 7.11 Å². The topological polar surface area (TPSA) is 51.5 Å². The Kier molecular flexibility index (Phi) is 4.34. The molecule has 3 rings (SSSR count). The van der Waals surface area contributed by atoms with Gasteiger partial charge >= 0.3 is 5.97 Å². The van der Waals surface area contributed by atoms with Crippen LogP contribution < -0.4 is 4.74 Å². The second kappa shape index (κ2) is 6.33. The number of aromatic carboxylic acids is 1. The van der Waals surface area contributed by atoms with Gasteiger partial charge in [0, 0.05) is 16.0 Å². The van der Waals surface area contributed by atoms with Crippen LogP contribution >= 0.6 is 11.6 Å². The zero-order valence-corrected chi connectivity index (χ0v) is 13.5. The number of carboxylic acid groups (broad SMARTS) is 1. The van der Waals surface area contributed by atoms with Crippen molar-refractivity contribution >= 4 is 28.5 Å². The summed E-state index contributed by atoms with van der Waals surface area (Å²) in [6.07, 6.45) is -2.21. The van der Waals surface area contributed by atoms with Crippen LogP contribution in [0.25, 0.3) is 10.9 Å². The van der Waals surface area contributed by atoms with Gasteiger partial charge in [-0.1, -0.05) is 11.6 Å². The van der Waals surface area contributed by atoms with E-state index in [1.54, 1.807) is 0 Å². The molecular weight excluding hydrogens is 359 g/mol. The van der Waals surface area contributed by atoms with Gasteiger partial charge in [0.15, 0.2) is 17.4 Å². The molecule has 0 bridgehead atoms. The minimum absolute atomic E-state index is 0.206. The number of aromatic nitrogens is 1. The average molecular weight is 370 g/mol. The second-order valence-electron chi connectivity index (χ2n) is 5.23. The molecule has 4 nitrogen and oxygen atoms in total. The molecule has 0 saturated heterocycles. The Hall–Kier alpha value is -2.67. The van der Waals surface area contributed by atoms with Crippen LogP contribution in [-0.2, 0) is 0 Å². The van der Waals surface area contributed by atoms with Crippen LogP contribution in [0.2, 0.25) is 5.02 Å². The molecule has 130 valence electrons. The van der Waals surface area contributed by atoms with Crippen molar-refractivity contribution in [1.29, 1.82) is 0 Å². The van der Waals surface area contributed by atoms with Crippen molar-refractivity contribution in [3.63, 3.8) is 0 Å². The molecule has 1 aromatic heterocycles. The minimum atomic E-state index is -2.21. The Morgan fingerprint density at radius 2 is 1.96 bits per heavy atom. The van der Waals surface area contributed by atoms with Crippen molar-refractivity contribution in [3.05, 3.63) is 64.3 Å². The number of nitrogens with zero attached hydrogens (tertiary/aromatic N) is 1. The van der Waals surface area contributed by atoms with Crippen LogP contribution in [0.4, 0.5) is 13.2 Å². The van der Waals surface area contributed by atoms with E-state index in [9.17, 15) is 18.7 Å². The van der Waals surface area contributed by atoms with Crippen molar-refractivity contribution in [3.8, 4) is 5.75 Å². The summed E-state index contributed by atoms with van der Waals surface area (Å²) in [6.45, 7) is 0. The fraction of sp³-hybridized carbons (Fsp3) is 0.118. The van der Waals surface area contributed by atoms with Crippen molar-refractivity contribution in [2.24, 2.45) is 0 Å². The highest BCUT2D eigenvalue weighted by Gasteiger charge is 2.27. The number of hydrogen-bond acceptors (Lipinski definition) is 2. The predicted molar refractivity (Wildman–Crippen MR) is 86.1 cm³/mol. The second-order valence-corrected chi connectivity index (χ2v) is 5.66. The van der Waals surface area contributed by atoms with E-state index in [0.29, 0.717) is 10.4 Å². The van der Waals surface area contributed by atoms with Gasteiger partial charge in [-0.2, -0.15) is 0 Å². The molecule has 0 aliphatic heterocycles. The van der Waals surface area contributed by atoms with Crippen molar-refractivity contribution < 1.29 is 27.8 Å². The van der Waals surface area contributed by atoms with Gasteiger partial charge in [0.05, 0.1) is 12.6 Å². The van der Waals surface area contributed by atoms with Gasteiger partial charge in [0.2, 0.25) is 6.30 Å². The summed E-state index contributed by atoms with van der Waals surface area (Å²) in [7, 11) is 1.05. The maximum Gasteiger partial charge on any atom is 0.352 e. The Morgan fingerprint density at radius 1 is 1.24 bits per heavy atom. The Labute approximate surface area is 145 Å². The zero-order valence-electron chi connectivity index (χ0n) is 12.8. The summed E-state index contributed by atoms with van der Waals surface area (Å²) in [5.74, 6) is -4.36. The number of hydrogen-bond donors (Lipinski definition) is 1. The summed E-state index contributed by atoms with van der Waals surface area (Å²) in [4.78, 5) is 11.5. The van der Waals surface area contributed by atoms with Gasteiger partial charge in [0.1, 0.15) is 5.69 Å². The SMILES string of the molecule is COc1c(F)ccc(C(F)n2c(C(=O)O)cc3cc(Cl)ccc32)c1F. The number of carboxylic acids is 1. The lowest BCUT2D eigenvalue weighted by Gasteiger charge is -2.16. The molecule has 1 unspecified atom stereocenters. The smallest absolute Gasteiger partial charge is 0.352 e. The molecule has 25 heavy (non-hydrogen) atoms. The summed E-state index contributed by atoms with van der Waals surface area (Å²) in [5, 5.41) is 10.1. The van der Waals surface area contributed by atoms with Gasteiger partial charge in [-0.25, -0.2) is 18.0 Å². The number of alkyl halides is 1. The monoisotopic (exact) mass is 369 g/mol. The van der Waals surface area contributed by atoms with Crippen LogP contribution in [0, 0.1) is 11.6 Å². The maximum absolute atomic E-state index is 15.1. The number of benzene rings is 2. The third kappa shape index (κ3) is 2.80. The summed E-state index contributed by atoms with van der Waals surface area (Å²) in [6, 6.07) is 7.34. The highest BCUT2D eigenvalue weighted by atomic mass is 35.5. The Morgan fingerprint density at radius 3 is 2.60 bits per heavy atom. The lowest BCUT2D eigenvalue weighted by atomic mass is 10.1. The molecular formula is C17H11ClF3NO3. The quantitative estimate of drug-likeness (QED) is 0.719. The minimum Gasteiger partial charge on any atom is -0.491 e. The number of methoxy groups -OCH3 is 1. The molecule has 1 N–H and O–H groups in total. The van der Waals surface area contributed by atoms with Crippen molar-refractivity contribution in [1.82, 2.24) is 4.57 Å². The molecule has 0 aliphatic rings. The normalized spacial score (nSPS) is 12.4. The molecule has 0 amide bonds. The van der Waals surface area contributed by atoms with E-state index in [-0.39, 0.29) is 5.52 Å². The third-order valence-electron chi connectivity index (χ3n) is 3.79. The highest BCUT2D eigenvalue weighted by molar-refractivity contribution is 6.31. The zero-order chi connectivity index (χ0) is 18.3. The molecule has 8 heteroatoms. The van der Waals surface area contributed by atoms with Gasteiger partial charge in [-0.05, 0) is 36.4 Å². The molecule has 0 radical (unpaired) electrons. The summed E-state index contributed by atoms with van der Waals surface area (Å²) < 4.78 is 48.4. The number of halogens is 4. The Balaban J connectivity index is 2.25. The van der Waals surface area contributed by atoms with Crippen LogP contribution in [0.15, 0.2) is 36.4 Å². The third-order valence-corrected chi connectivity index (χ3v) is 4.02. The first-order chi connectivity index (χ1) is 11.8. The fourth-order valence-corrected chi connectivity index (χ4v) is 2.85. The molecule has 1 heterocycles. The van der Waals surface area contributed by atoms with E-state index in [2.05, 4.69) is 4.74 Å². The molecule has 0 saturated carbocycles. The lowest BCUT2D eigenvalue weighted by molar-refractivity contribution is 0.0678. The van der Waals surface area contributed by atoms with E-state index in [4.69, 9.17) is 11.6 Å². The molecule has 1 atom stereocenters. The van der Waals surface area contributed by atoms with Crippen LogP contribution in [0.3, 0.4) is 0 Å². The highest BCUT2D eigenvalue weighted by Crippen LogP contribution is 2.35. The Bertz CT molecular complexity index is 987. The summed E-state index contributed by atoms with van der Waals surface area (Å²) >= 11 is 5.87. The first kappa shape index (κ1) is 17.2. The average Bonchev–Trinajstić information content (AvgIpc) is 2.93. The van der Waals surface area contributed by atoms with E-state index in [1.165, 1.54) is 24.3 Å². The van der Waals surface area contributed by atoms with E-state index >= 15 is 4.39 Å². The van der Waals surface area contributed by atoms with Gasteiger partial charge < -0.3 is 14.4 Å². The molecule has 0 fully saturated rings. The number of rotatable bonds is 4. The van der Waals surface area contributed by atoms with E-state index < -0.39 is 40.9 Å². The van der Waals surface area contributed by atoms with Crippen LogP contribution in [-0.4, -0.2) is 22.8 Å². The predicted octanol–water partition coefficient (Wildman–Crippen LogP) is 4.80. The first-order valence-corrected chi connectivity index (χ1v) is 7.42. The number of carbonyl (C=O) groups is 1. The first-order valence-electron chi connectivity index (χ1n) is 7.05. The van der Waals surface area contributed by atoms with E-state index in [0.717, 1.165) is 23.8 Å². The largest absolute Gasteiger partial charge is 0.491 e.